The molecule has 0 aliphatic carbocycles. The molecule has 0 amide bonds. The van der Waals surface area contributed by atoms with E-state index in [9.17, 15) is 18.0 Å². The van der Waals surface area contributed by atoms with Crippen LogP contribution in [0.15, 0.2) is 17.3 Å². The molecule has 0 bridgehead atoms. The molecule has 1 rings (SSSR count). The van der Waals surface area contributed by atoms with Gasteiger partial charge in [-0.1, -0.05) is 13.8 Å². The molecule has 1 aromatic rings. The van der Waals surface area contributed by atoms with E-state index in [1.165, 1.54) is 6.20 Å². The van der Waals surface area contributed by atoms with Crippen LogP contribution < -0.4 is 5.56 Å². The van der Waals surface area contributed by atoms with Gasteiger partial charge in [-0.25, -0.2) is 4.98 Å². The van der Waals surface area contributed by atoms with Crippen molar-refractivity contribution in [3.05, 3.63) is 28.4 Å². The topological polar surface area (TPSA) is 34.9 Å². The minimum atomic E-state index is -4.40. The van der Waals surface area contributed by atoms with E-state index in [1.807, 2.05) is 6.92 Å². The molecule has 1 atom stereocenters. The lowest BCUT2D eigenvalue weighted by Crippen LogP contribution is -2.30. The molecule has 0 radical (unpaired) electrons. The molecule has 0 saturated carbocycles. The maximum atomic E-state index is 12.1. The predicted octanol–water partition coefficient (Wildman–Crippen LogP) is 2.32. The zero-order valence-corrected chi connectivity index (χ0v) is 9.08. The normalized spacial score (nSPS) is 13.8. The minimum absolute atomic E-state index is 0.0827. The monoisotopic (exact) mass is 234 g/mol. The molecule has 0 saturated heterocycles. The van der Waals surface area contributed by atoms with Gasteiger partial charge in [0.15, 0.2) is 0 Å². The Morgan fingerprint density at radius 3 is 2.62 bits per heavy atom. The van der Waals surface area contributed by atoms with Crippen molar-refractivity contribution in [1.29, 1.82) is 0 Å². The van der Waals surface area contributed by atoms with E-state index in [4.69, 9.17) is 0 Å². The molecular formula is C10H13F3N2O. The van der Waals surface area contributed by atoms with Crippen molar-refractivity contribution in [2.24, 2.45) is 0 Å². The fourth-order valence-corrected chi connectivity index (χ4v) is 1.33. The number of hydrogen-bond donors (Lipinski definition) is 0. The third kappa shape index (κ3) is 3.08. The van der Waals surface area contributed by atoms with Crippen molar-refractivity contribution in [3.63, 3.8) is 0 Å². The highest BCUT2D eigenvalue weighted by atomic mass is 19.4. The predicted molar refractivity (Wildman–Crippen MR) is 53.3 cm³/mol. The van der Waals surface area contributed by atoms with Crippen LogP contribution in [0.2, 0.25) is 0 Å². The highest BCUT2D eigenvalue weighted by Gasteiger charge is 2.29. The van der Waals surface area contributed by atoms with Crippen molar-refractivity contribution in [1.82, 2.24) is 9.55 Å². The Morgan fingerprint density at radius 1 is 1.50 bits per heavy atom. The van der Waals surface area contributed by atoms with E-state index in [0.717, 1.165) is 6.33 Å². The Hall–Kier alpha value is -1.33. The summed E-state index contributed by atoms with van der Waals surface area (Å²) < 4.78 is 37.0. The minimum Gasteiger partial charge on any atom is -0.290 e. The van der Waals surface area contributed by atoms with Gasteiger partial charge in [0.2, 0.25) is 0 Å². The van der Waals surface area contributed by atoms with Crippen molar-refractivity contribution in [3.8, 4) is 0 Å². The molecule has 1 aromatic heterocycles. The quantitative estimate of drug-likeness (QED) is 0.804. The number of hydrogen-bond acceptors (Lipinski definition) is 2. The summed E-state index contributed by atoms with van der Waals surface area (Å²) >= 11 is 0. The van der Waals surface area contributed by atoms with Gasteiger partial charge in [-0.05, 0) is 12.3 Å². The molecule has 0 fully saturated rings. The number of alkyl halides is 3. The molecule has 0 aromatic carbocycles. The summed E-state index contributed by atoms with van der Waals surface area (Å²) in [6, 6.07) is 0. The Bertz CT molecular complexity index is 411. The number of aromatic nitrogens is 2. The van der Waals surface area contributed by atoms with Crippen molar-refractivity contribution in [2.75, 3.05) is 0 Å². The first kappa shape index (κ1) is 12.7. The van der Waals surface area contributed by atoms with Gasteiger partial charge in [0.1, 0.15) is 6.54 Å². The molecule has 16 heavy (non-hydrogen) atoms. The van der Waals surface area contributed by atoms with Gasteiger partial charge in [0, 0.05) is 11.8 Å². The Kier molecular flexibility index (Phi) is 3.72. The summed E-state index contributed by atoms with van der Waals surface area (Å²) in [6.45, 7) is 2.37. The molecule has 0 aliphatic heterocycles. The largest absolute Gasteiger partial charge is 0.406 e. The molecule has 90 valence electrons. The summed E-state index contributed by atoms with van der Waals surface area (Å²) in [5.41, 5.74) is -0.282. The second-order valence-corrected chi connectivity index (χ2v) is 3.71. The van der Waals surface area contributed by atoms with Crippen molar-refractivity contribution in [2.45, 2.75) is 38.9 Å². The summed E-state index contributed by atoms with van der Waals surface area (Å²) in [6.07, 6.45) is -1.46. The summed E-state index contributed by atoms with van der Waals surface area (Å²) in [5, 5.41) is 0. The van der Waals surface area contributed by atoms with E-state index in [0.29, 0.717) is 16.6 Å². The van der Waals surface area contributed by atoms with Crippen LogP contribution >= 0.6 is 0 Å². The number of rotatable bonds is 3. The first-order valence-electron chi connectivity index (χ1n) is 4.96. The summed E-state index contributed by atoms with van der Waals surface area (Å²) in [5.74, 6) is -0.0827. The van der Waals surface area contributed by atoms with Gasteiger partial charge in [-0.15, -0.1) is 0 Å². The number of halogens is 3. The fraction of sp³-hybridized carbons (Fsp3) is 0.600. The Balaban J connectivity index is 3.10. The van der Waals surface area contributed by atoms with E-state index >= 15 is 0 Å². The van der Waals surface area contributed by atoms with Gasteiger partial charge in [0.05, 0.1) is 6.33 Å². The van der Waals surface area contributed by atoms with E-state index in [1.54, 1.807) is 6.92 Å². The van der Waals surface area contributed by atoms with Crippen molar-refractivity contribution < 1.29 is 13.2 Å². The maximum absolute atomic E-state index is 12.1. The average molecular weight is 234 g/mol. The first-order valence-corrected chi connectivity index (χ1v) is 4.96. The zero-order chi connectivity index (χ0) is 12.3. The molecule has 3 nitrogen and oxygen atoms in total. The van der Waals surface area contributed by atoms with Gasteiger partial charge in [-0.2, -0.15) is 13.2 Å². The van der Waals surface area contributed by atoms with E-state index in [-0.39, 0.29) is 5.92 Å². The molecule has 1 heterocycles. The summed E-state index contributed by atoms with van der Waals surface area (Å²) in [7, 11) is 0. The van der Waals surface area contributed by atoms with E-state index in [2.05, 4.69) is 4.98 Å². The van der Waals surface area contributed by atoms with Crippen molar-refractivity contribution >= 4 is 0 Å². The molecule has 0 spiro atoms. The highest BCUT2D eigenvalue weighted by molar-refractivity contribution is 5.10. The Labute approximate surface area is 90.9 Å². The molecule has 1 unspecified atom stereocenters. The highest BCUT2D eigenvalue weighted by Crippen LogP contribution is 2.17. The smallest absolute Gasteiger partial charge is 0.290 e. The van der Waals surface area contributed by atoms with Crippen LogP contribution in [0, 0.1) is 0 Å². The second-order valence-electron chi connectivity index (χ2n) is 3.71. The van der Waals surface area contributed by atoms with Crippen LogP contribution in [0.4, 0.5) is 13.2 Å². The first-order chi connectivity index (χ1) is 7.35. The SMILES string of the molecule is CCC(C)c1cncn(CC(F)(F)F)c1=O. The van der Waals surface area contributed by atoms with Gasteiger partial charge in [0.25, 0.3) is 5.56 Å². The lowest BCUT2D eigenvalue weighted by Gasteiger charge is -2.12. The van der Waals surface area contributed by atoms with Crippen LogP contribution in [0.1, 0.15) is 31.7 Å². The maximum Gasteiger partial charge on any atom is 0.406 e. The zero-order valence-electron chi connectivity index (χ0n) is 9.08. The lowest BCUT2D eigenvalue weighted by atomic mass is 10.0. The molecular weight excluding hydrogens is 221 g/mol. The third-order valence-corrected chi connectivity index (χ3v) is 2.42. The van der Waals surface area contributed by atoms with Crippen LogP contribution in [0.3, 0.4) is 0 Å². The second kappa shape index (κ2) is 4.67. The lowest BCUT2D eigenvalue weighted by molar-refractivity contribution is -0.141. The standard InChI is InChI=1S/C10H13F3N2O/c1-3-7(2)8-4-14-6-15(9(8)16)5-10(11,12)13/h4,6-7H,3,5H2,1-2H3. The average Bonchev–Trinajstić information content (AvgIpc) is 2.18. The van der Waals surface area contributed by atoms with E-state index < -0.39 is 18.3 Å². The molecule has 6 heteroatoms. The Morgan fingerprint density at radius 2 is 2.12 bits per heavy atom. The fourth-order valence-electron chi connectivity index (χ4n) is 1.33. The van der Waals surface area contributed by atoms with Crippen LogP contribution in [0.25, 0.3) is 0 Å². The summed E-state index contributed by atoms with van der Waals surface area (Å²) in [4.78, 5) is 15.3. The van der Waals surface area contributed by atoms with Crippen LogP contribution in [0.5, 0.6) is 0 Å². The van der Waals surface area contributed by atoms with Crippen LogP contribution in [-0.4, -0.2) is 15.7 Å². The molecule has 0 N–H and O–H groups in total. The van der Waals surface area contributed by atoms with Gasteiger partial charge < -0.3 is 0 Å². The van der Waals surface area contributed by atoms with Gasteiger partial charge in [-0.3, -0.25) is 9.36 Å². The third-order valence-electron chi connectivity index (χ3n) is 2.42. The number of nitrogens with zero attached hydrogens (tertiary/aromatic N) is 2. The molecule has 0 aliphatic rings. The van der Waals surface area contributed by atoms with Crippen LogP contribution in [-0.2, 0) is 6.54 Å². The van der Waals surface area contributed by atoms with Gasteiger partial charge >= 0.3 is 6.18 Å².